The summed E-state index contributed by atoms with van der Waals surface area (Å²) in [7, 11) is -4.28. The van der Waals surface area contributed by atoms with Crippen LogP contribution in [-0.2, 0) is 32.6 Å². The number of nitrogens with zero attached hydrogens (tertiary/aromatic N) is 2. The fourth-order valence-electron chi connectivity index (χ4n) is 4.79. The van der Waals surface area contributed by atoms with Crippen molar-refractivity contribution in [3.63, 3.8) is 0 Å². The maximum atomic E-state index is 14.5. The van der Waals surface area contributed by atoms with Crippen molar-refractivity contribution in [3.05, 3.63) is 131 Å². The third kappa shape index (κ3) is 8.71. The third-order valence-corrected chi connectivity index (χ3v) is 9.64. The first-order valence-electron chi connectivity index (χ1n) is 14.7. The molecule has 0 aliphatic carbocycles. The van der Waals surface area contributed by atoms with Gasteiger partial charge in [-0.25, -0.2) is 12.8 Å². The van der Waals surface area contributed by atoms with E-state index >= 15 is 0 Å². The first kappa shape index (κ1) is 33.7. The van der Waals surface area contributed by atoms with Crippen LogP contribution in [0.3, 0.4) is 0 Å². The van der Waals surface area contributed by atoms with Crippen molar-refractivity contribution in [2.45, 2.75) is 57.1 Å². The Bertz CT molecular complexity index is 1700. The minimum Gasteiger partial charge on any atom is -0.352 e. The van der Waals surface area contributed by atoms with Crippen LogP contribution in [0.15, 0.2) is 108 Å². The molecule has 0 aromatic heterocycles. The van der Waals surface area contributed by atoms with E-state index in [2.05, 4.69) is 5.32 Å². The minimum absolute atomic E-state index is 0.0127. The van der Waals surface area contributed by atoms with Crippen molar-refractivity contribution in [3.8, 4) is 0 Å². The second-order valence-corrected chi connectivity index (χ2v) is 13.2. The molecule has 0 aliphatic heterocycles. The molecule has 2 amide bonds. The number of para-hydroxylation sites is 1. The van der Waals surface area contributed by atoms with Gasteiger partial charge in [0.25, 0.3) is 10.0 Å². The Balaban J connectivity index is 1.81. The van der Waals surface area contributed by atoms with E-state index < -0.39 is 34.3 Å². The van der Waals surface area contributed by atoms with Gasteiger partial charge in [-0.1, -0.05) is 90.8 Å². The number of amides is 2. The van der Waals surface area contributed by atoms with E-state index in [-0.39, 0.29) is 40.5 Å². The van der Waals surface area contributed by atoms with Gasteiger partial charge in [-0.3, -0.25) is 13.9 Å². The molecule has 0 fully saturated rings. The Morgan fingerprint density at radius 2 is 1.49 bits per heavy atom. The standard InChI is InChI=1S/C35H37ClFN3O4S/c1-4-26(3)38-35(42)33(22-27-10-6-5-7-11-27)39(23-28-16-18-29(37)19-17-28)34(41)24-40(32-13-9-8-12-31(32)36)45(43,44)30-20-14-25(2)15-21-30/h5-21,26,33H,4,22-24H2,1-3H3,(H,38,42)/t26-,33-/m0/s1. The summed E-state index contributed by atoms with van der Waals surface area (Å²) in [5.74, 6) is -1.45. The highest BCUT2D eigenvalue weighted by Crippen LogP contribution is 2.31. The summed E-state index contributed by atoms with van der Waals surface area (Å²) in [6.45, 7) is 4.96. The summed E-state index contributed by atoms with van der Waals surface area (Å²) < 4.78 is 43.0. The van der Waals surface area contributed by atoms with Crippen LogP contribution < -0.4 is 9.62 Å². The van der Waals surface area contributed by atoms with Crippen molar-refractivity contribution < 1.29 is 22.4 Å². The predicted octanol–water partition coefficient (Wildman–Crippen LogP) is 6.54. The van der Waals surface area contributed by atoms with E-state index in [9.17, 15) is 22.4 Å². The number of hydrogen-bond acceptors (Lipinski definition) is 4. The van der Waals surface area contributed by atoms with E-state index in [1.54, 1.807) is 30.3 Å². The summed E-state index contributed by atoms with van der Waals surface area (Å²) >= 11 is 6.51. The summed E-state index contributed by atoms with van der Waals surface area (Å²) in [6.07, 6.45) is 0.845. The van der Waals surface area contributed by atoms with Gasteiger partial charge in [0.1, 0.15) is 18.4 Å². The Kier molecular flexibility index (Phi) is 11.4. The molecular formula is C35H37ClFN3O4S. The molecule has 45 heavy (non-hydrogen) atoms. The van der Waals surface area contributed by atoms with E-state index in [1.807, 2.05) is 51.1 Å². The lowest BCUT2D eigenvalue weighted by atomic mass is 10.0. The maximum Gasteiger partial charge on any atom is 0.264 e. The highest BCUT2D eigenvalue weighted by atomic mass is 35.5. The quantitative estimate of drug-likeness (QED) is 0.178. The van der Waals surface area contributed by atoms with Crippen LogP contribution in [0.2, 0.25) is 5.02 Å². The molecule has 0 unspecified atom stereocenters. The van der Waals surface area contributed by atoms with Gasteiger partial charge in [0.05, 0.1) is 15.6 Å². The molecule has 4 aromatic carbocycles. The number of sulfonamides is 1. The molecule has 0 saturated heterocycles. The Labute approximate surface area is 269 Å². The number of hydrogen-bond donors (Lipinski definition) is 1. The number of anilines is 1. The van der Waals surface area contributed by atoms with Crippen LogP contribution in [0.5, 0.6) is 0 Å². The van der Waals surface area contributed by atoms with Crippen LogP contribution in [-0.4, -0.2) is 43.8 Å². The molecule has 0 spiro atoms. The fourth-order valence-corrected chi connectivity index (χ4v) is 6.51. The molecule has 4 rings (SSSR count). The molecular weight excluding hydrogens is 613 g/mol. The third-order valence-electron chi connectivity index (χ3n) is 7.55. The molecule has 0 heterocycles. The lowest BCUT2D eigenvalue weighted by Gasteiger charge is -2.34. The molecule has 0 radical (unpaired) electrons. The maximum absolute atomic E-state index is 14.5. The number of carbonyl (C=O) groups is 2. The van der Waals surface area contributed by atoms with Crippen LogP contribution in [0.4, 0.5) is 10.1 Å². The average molecular weight is 650 g/mol. The lowest BCUT2D eigenvalue weighted by Crippen LogP contribution is -2.54. The van der Waals surface area contributed by atoms with Crippen molar-refractivity contribution in [1.29, 1.82) is 0 Å². The number of halogens is 2. The Hall–Kier alpha value is -4.21. The molecule has 0 aliphatic rings. The molecule has 4 aromatic rings. The molecule has 0 bridgehead atoms. The van der Waals surface area contributed by atoms with Gasteiger partial charge in [0.2, 0.25) is 11.8 Å². The predicted molar refractivity (Wildman–Crippen MR) is 176 cm³/mol. The van der Waals surface area contributed by atoms with Gasteiger partial charge >= 0.3 is 0 Å². The second-order valence-electron chi connectivity index (χ2n) is 10.9. The molecule has 7 nitrogen and oxygen atoms in total. The van der Waals surface area contributed by atoms with Gasteiger partial charge in [-0.15, -0.1) is 0 Å². The highest BCUT2D eigenvalue weighted by molar-refractivity contribution is 7.92. The summed E-state index contributed by atoms with van der Waals surface area (Å²) in [5, 5.41) is 3.13. The van der Waals surface area contributed by atoms with E-state index in [0.717, 1.165) is 15.4 Å². The number of benzene rings is 4. The normalized spacial score (nSPS) is 12.6. The van der Waals surface area contributed by atoms with Crippen molar-refractivity contribution >= 4 is 39.1 Å². The fraction of sp³-hybridized carbons (Fsp3) is 0.257. The minimum atomic E-state index is -4.28. The summed E-state index contributed by atoms with van der Waals surface area (Å²) in [6, 6.07) is 26.4. The molecule has 1 N–H and O–H groups in total. The summed E-state index contributed by atoms with van der Waals surface area (Å²) in [5.41, 5.74) is 2.38. The zero-order valence-corrected chi connectivity index (χ0v) is 27.1. The topological polar surface area (TPSA) is 86.8 Å². The molecule has 2 atom stereocenters. The molecule has 10 heteroatoms. The highest BCUT2D eigenvalue weighted by Gasteiger charge is 2.35. The molecule has 0 saturated carbocycles. The largest absolute Gasteiger partial charge is 0.352 e. The Morgan fingerprint density at radius 1 is 0.867 bits per heavy atom. The second kappa shape index (κ2) is 15.2. The monoisotopic (exact) mass is 649 g/mol. The van der Waals surface area contributed by atoms with E-state index in [4.69, 9.17) is 11.6 Å². The zero-order chi connectivity index (χ0) is 32.6. The SMILES string of the molecule is CC[C@H](C)NC(=O)[C@H](Cc1ccccc1)N(Cc1ccc(F)cc1)C(=O)CN(c1ccccc1Cl)S(=O)(=O)c1ccc(C)cc1. The van der Waals surface area contributed by atoms with Crippen molar-refractivity contribution in [1.82, 2.24) is 10.2 Å². The lowest BCUT2D eigenvalue weighted by molar-refractivity contribution is -0.140. The number of nitrogens with one attached hydrogen (secondary N) is 1. The number of carbonyl (C=O) groups excluding carboxylic acids is 2. The van der Waals surface area contributed by atoms with Gasteiger partial charge in [0, 0.05) is 19.0 Å². The number of aryl methyl sites for hydroxylation is 1. The van der Waals surface area contributed by atoms with Crippen molar-refractivity contribution in [2.24, 2.45) is 0 Å². The number of rotatable bonds is 13. The van der Waals surface area contributed by atoms with E-state index in [1.165, 1.54) is 47.4 Å². The smallest absolute Gasteiger partial charge is 0.264 e. The van der Waals surface area contributed by atoms with Crippen LogP contribution >= 0.6 is 11.6 Å². The van der Waals surface area contributed by atoms with Gasteiger partial charge in [-0.2, -0.15) is 0 Å². The van der Waals surface area contributed by atoms with E-state index in [0.29, 0.717) is 12.0 Å². The average Bonchev–Trinajstić information content (AvgIpc) is 3.03. The Morgan fingerprint density at radius 3 is 2.11 bits per heavy atom. The molecule has 236 valence electrons. The first-order valence-corrected chi connectivity index (χ1v) is 16.5. The van der Waals surface area contributed by atoms with Crippen LogP contribution in [0.25, 0.3) is 0 Å². The van der Waals surface area contributed by atoms with Gasteiger partial charge in [0.15, 0.2) is 0 Å². The van der Waals surface area contributed by atoms with Crippen LogP contribution in [0.1, 0.15) is 37.0 Å². The van der Waals surface area contributed by atoms with Crippen LogP contribution in [0, 0.1) is 12.7 Å². The zero-order valence-electron chi connectivity index (χ0n) is 25.5. The first-order chi connectivity index (χ1) is 21.5. The summed E-state index contributed by atoms with van der Waals surface area (Å²) in [4.78, 5) is 29.7. The van der Waals surface area contributed by atoms with Gasteiger partial charge < -0.3 is 10.2 Å². The van der Waals surface area contributed by atoms with Crippen molar-refractivity contribution in [2.75, 3.05) is 10.8 Å². The van der Waals surface area contributed by atoms with Gasteiger partial charge in [-0.05, 0) is 67.8 Å².